The number of anilines is 1. The van der Waals surface area contributed by atoms with Gasteiger partial charge in [0, 0.05) is 0 Å². The molecule has 1 aromatic carbocycles. The number of hydrogen-bond acceptors (Lipinski definition) is 2. The number of nitrogens with one attached hydrogen (secondary N) is 2. The summed E-state index contributed by atoms with van der Waals surface area (Å²) in [6, 6.07) is 3.74. The van der Waals surface area contributed by atoms with E-state index < -0.39 is 5.82 Å². The van der Waals surface area contributed by atoms with Gasteiger partial charge in [0.1, 0.15) is 5.82 Å². The minimum Gasteiger partial charge on any atom is -0.323 e. The summed E-state index contributed by atoms with van der Waals surface area (Å²) in [5.41, 5.74) is 0.446. The maximum atomic E-state index is 12.8. The fraction of sp³-hybridized carbons (Fsp3) is 0.364. The smallest absolute Gasteiger partial charge is 0.241 e. The van der Waals surface area contributed by atoms with Crippen LogP contribution >= 0.6 is 11.6 Å². The Balaban J connectivity index is 2.05. The van der Waals surface area contributed by atoms with Gasteiger partial charge in [-0.25, -0.2) is 4.39 Å². The lowest BCUT2D eigenvalue weighted by molar-refractivity contribution is -0.117. The molecule has 1 saturated heterocycles. The lowest BCUT2D eigenvalue weighted by Gasteiger charge is -2.12. The Bertz CT molecular complexity index is 405. The molecule has 3 nitrogen and oxygen atoms in total. The van der Waals surface area contributed by atoms with E-state index >= 15 is 0 Å². The Morgan fingerprint density at radius 2 is 2.38 bits per heavy atom. The monoisotopic (exact) mass is 242 g/mol. The van der Waals surface area contributed by atoms with Crippen molar-refractivity contribution < 1.29 is 9.18 Å². The zero-order chi connectivity index (χ0) is 11.5. The SMILES string of the molecule is O=C(Nc1ccc(F)cc1Cl)C1CCCN1. The number of carbonyl (C=O) groups excluding carboxylic acids is 1. The summed E-state index contributed by atoms with van der Waals surface area (Å²) in [5.74, 6) is -0.534. The molecule has 0 radical (unpaired) electrons. The fourth-order valence-corrected chi connectivity index (χ4v) is 1.93. The van der Waals surface area contributed by atoms with Gasteiger partial charge in [0.25, 0.3) is 0 Å². The molecule has 1 unspecified atom stereocenters. The first kappa shape index (κ1) is 11.4. The molecule has 0 bridgehead atoms. The third-order valence-electron chi connectivity index (χ3n) is 2.57. The second kappa shape index (κ2) is 4.80. The van der Waals surface area contributed by atoms with Crippen molar-refractivity contribution in [2.24, 2.45) is 0 Å². The van der Waals surface area contributed by atoms with Crippen LogP contribution in [0.1, 0.15) is 12.8 Å². The molecule has 0 aromatic heterocycles. The maximum Gasteiger partial charge on any atom is 0.241 e. The van der Waals surface area contributed by atoms with E-state index in [9.17, 15) is 9.18 Å². The van der Waals surface area contributed by atoms with Crippen molar-refractivity contribution in [3.05, 3.63) is 29.0 Å². The van der Waals surface area contributed by atoms with Gasteiger partial charge in [-0.05, 0) is 37.6 Å². The number of carbonyl (C=O) groups is 1. The van der Waals surface area contributed by atoms with Crippen LogP contribution in [0, 0.1) is 5.82 Å². The van der Waals surface area contributed by atoms with Crippen molar-refractivity contribution >= 4 is 23.2 Å². The van der Waals surface area contributed by atoms with E-state index in [-0.39, 0.29) is 17.0 Å². The number of rotatable bonds is 2. The minimum absolute atomic E-state index is 0.119. The van der Waals surface area contributed by atoms with Crippen molar-refractivity contribution in [1.29, 1.82) is 0 Å². The van der Waals surface area contributed by atoms with E-state index in [2.05, 4.69) is 10.6 Å². The van der Waals surface area contributed by atoms with Crippen molar-refractivity contribution in [3.8, 4) is 0 Å². The van der Waals surface area contributed by atoms with Crippen LogP contribution in [-0.4, -0.2) is 18.5 Å². The average molecular weight is 243 g/mol. The van der Waals surface area contributed by atoms with E-state index in [1.54, 1.807) is 0 Å². The van der Waals surface area contributed by atoms with Crippen LogP contribution < -0.4 is 10.6 Å². The molecule has 1 atom stereocenters. The Hall–Kier alpha value is -1.13. The van der Waals surface area contributed by atoms with Gasteiger partial charge in [-0.3, -0.25) is 4.79 Å². The van der Waals surface area contributed by atoms with Gasteiger partial charge in [-0.1, -0.05) is 11.6 Å². The summed E-state index contributed by atoms with van der Waals surface area (Å²) in [4.78, 5) is 11.7. The molecule has 1 amide bonds. The largest absolute Gasteiger partial charge is 0.323 e. The minimum atomic E-state index is -0.415. The Morgan fingerprint density at radius 1 is 1.56 bits per heavy atom. The first-order valence-corrected chi connectivity index (χ1v) is 5.54. The van der Waals surface area contributed by atoms with E-state index in [4.69, 9.17) is 11.6 Å². The lowest BCUT2D eigenvalue weighted by Crippen LogP contribution is -2.35. The Labute approximate surface area is 98.0 Å². The fourth-order valence-electron chi connectivity index (χ4n) is 1.72. The molecule has 86 valence electrons. The second-order valence-electron chi connectivity index (χ2n) is 3.76. The molecule has 0 spiro atoms. The summed E-state index contributed by atoms with van der Waals surface area (Å²) >= 11 is 5.81. The lowest BCUT2D eigenvalue weighted by atomic mass is 10.2. The van der Waals surface area contributed by atoms with Crippen LogP contribution in [0.5, 0.6) is 0 Å². The molecule has 2 N–H and O–H groups in total. The highest BCUT2D eigenvalue weighted by Gasteiger charge is 2.22. The molecule has 1 aliphatic heterocycles. The van der Waals surface area contributed by atoms with Gasteiger partial charge in [0.2, 0.25) is 5.91 Å². The molecule has 16 heavy (non-hydrogen) atoms. The molecule has 5 heteroatoms. The highest BCUT2D eigenvalue weighted by atomic mass is 35.5. The summed E-state index contributed by atoms with van der Waals surface area (Å²) in [7, 11) is 0. The molecular weight excluding hydrogens is 231 g/mol. The van der Waals surface area contributed by atoms with Crippen molar-refractivity contribution in [3.63, 3.8) is 0 Å². The highest BCUT2D eigenvalue weighted by molar-refractivity contribution is 6.33. The predicted octanol–water partition coefficient (Wildman–Crippen LogP) is 2.17. The van der Waals surface area contributed by atoms with Crippen LogP contribution in [-0.2, 0) is 4.79 Å². The molecule has 1 aliphatic rings. The van der Waals surface area contributed by atoms with Crippen LogP contribution in [0.4, 0.5) is 10.1 Å². The maximum absolute atomic E-state index is 12.8. The average Bonchev–Trinajstić information content (AvgIpc) is 2.75. The van der Waals surface area contributed by atoms with Crippen molar-refractivity contribution in [1.82, 2.24) is 5.32 Å². The number of halogens is 2. The van der Waals surface area contributed by atoms with Gasteiger partial charge in [0.15, 0.2) is 0 Å². The number of hydrogen-bond donors (Lipinski definition) is 2. The quantitative estimate of drug-likeness (QED) is 0.835. The van der Waals surface area contributed by atoms with Gasteiger partial charge in [-0.15, -0.1) is 0 Å². The first-order valence-electron chi connectivity index (χ1n) is 5.16. The normalized spacial score (nSPS) is 19.8. The third kappa shape index (κ3) is 2.51. The zero-order valence-electron chi connectivity index (χ0n) is 8.59. The number of amides is 1. The van der Waals surface area contributed by atoms with Crippen LogP contribution in [0.25, 0.3) is 0 Å². The topological polar surface area (TPSA) is 41.1 Å². The highest BCUT2D eigenvalue weighted by Crippen LogP contribution is 2.23. The van der Waals surface area contributed by atoms with Crippen LogP contribution in [0.3, 0.4) is 0 Å². The molecule has 1 aromatic rings. The van der Waals surface area contributed by atoms with Gasteiger partial charge in [0.05, 0.1) is 16.8 Å². The predicted molar refractivity (Wildman–Crippen MR) is 61.1 cm³/mol. The number of benzene rings is 1. The summed E-state index contributed by atoms with van der Waals surface area (Å²) in [6.07, 6.45) is 1.82. The first-order chi connectivity index (χ1) is 7.66. The van der Waals surface area contributed by atoms with Crippen molar-refractivity contribution in [2.75, 3.05) is 11.9 Å². The Morgan fingerprint density at radius 3 is 3.00 bits per heavy atom. The zero-order valence-corrected chi connectivity index (χ0v) is 9.35. The standard InChI is InChI=1S/C11H12ClFN2O/c12-8-6-7(13)3-4-9(8)15-11(16)10-2-1-5-14-10/h3-4,6,10,14H,1-2,5H2,(H,15,16). The molecule has 1 heterocycles. The third-order valence-corrected chi connectivity index (χ3v) is 2.88. The summed E-state index contributed by atoms with van der Waals surface area (Å²) in [6.45, 7) is 0.856. The van der Waals surface area contributed by atoms with E-state index in [1.807, 2.05) is 0 Å². The van der Waals surface area contributed by atoms with E-state index in [0.717, 1.165) is 19.4 Å². The van der Waals surface area contributed by atoms with Crippen molar-refractivity contribution in [2.45, 2.75) is 18.9 Å². The molecule has 2 rings (SSSR count). The van der Waals surface area contributed by atoms with Crippen LogP contribution in [0.15, 0.2) is 18.2 Å². The molecule has 0 aliphatic carbocycles. The second-order valence-corrected chi connectivity index (χ2v) is 4.17. The molecule has 0 saturated carbocycles. The van der Waals surface area contributed by atoms with E-state index in [1.165, 1.54) is 18.2 Å². The summed E-state index contributed by atoms with van der Waals surface area (Å²) in [5, 5.41) is 5.97. The summed E-state index contributed by atoms with van der Waals surface area (Å²) < 4.78 is 12.8. The van der Waals surface area contributed by atoms with Gasteiger partial charge < -0.3 is 10.6 Å². The molecule has 1 fully saturated rings. The van der Waals surface area contributed by atoms with E-state index in [0.29, 0.717) is 5.69 Å². The Kier molecular flexibility index (Phi) is 3.41. The van der Waals surface area contributed by atoms with Crippen LogP contribution in [0.2, 0.25) is 5.02 Å². The molecular formula is C11H12ClFN2O. The van der Waals surface area contributed by atoms with Gasteiger partial charge in [-0.2, -0.15) is 0 Å². The van der Waals surface area contributed by atoms with Gasteiger partial charge >= 0.3 is 0 Å².